The van der Waals surface area contributed by atoms with Gasteiger partial charge in [-0.25, -0.2) is 4.98 Å². The third-order valence-electron chi connectivity index (χ3n) is 2.68. The molecule has 1 heterocycles. The van der Waals surface area contributed by atoms with Gasteiger partial charge in [-0.2, -0.15) is 0 Å². The molecule has 2 nitrogen and oxygen atoms in total. The van der Waals surface area contributed by atoms with E-state index in [4.69, 9.17) is 0 Å². The third kappa shape index (κ3) is 2.59. The fourth-order valence-electron chi connectivity index (χ4n) is 1.74. The first-order valence-corrected chi connectivity index (χ1v) is 6.88. The number of aryl methyl sites for hydroxylation is 1. The number of nitrogens with zero attached hydrogens (tertiary/aromatic N) is 1. The van der Waals surface area contributed by atoms with Crippen LogP contribution in [0.3, 0.4) is 0 Å². The Bertz CT molecular complexity index is 462. The van der Waals surface area contributed by atoms with Crippen LogP contribution in [0.25, 0.3) is 11.0 Å². The zero-order valence-corrected chi connectivity index (χ0v) is 10.7. The Morgan fingerprint density at radius 2 is 2.19 bits per heavy atom. The van der Waals surface area contributed by atoms with Gasteiger partial charge < -0.3 is 4.98 Å². The summed E-state index contributed by atoms with van der Waals surface area (Å²) in [6, 6.07) is 6.27. The standard InChI is InChI=1S/C13H18N2S/c1-3-4-5-9-16-13-14-11-8-6-7-10(2)12(11)15-13/h6-8H,3-5,9H2,1-2H3,(H,14,15). The average Bonchev–Trinajstić information content (AvgIpc) is 2.69. The molecule has 0 aliphatic carbocycles. The fraction of sp³-hybridized carbons (Fsp3) is 0.462. The minimum absolute atomic E-state index is 1.06. The van der Waals surface area contributed by atoms with Crippen LogP contribution in [-0.4, -0.2) is 15.7 Å². The molecule has 0 aliphatic heterocycles. The maximum Gasteiger partial charge on any atom is 0.166 e. The van der Waals surface area contributed by atoms with Crippen molar-refractivity contribution >= 4 is 22.8 Å². The van der Waals surface area contributed by atoms with Crippen molar-refractivity contribution in [2.24, 2.45) is 0 Å². The molecule has 0 unspecified atom stereocenters. The number of H-pyrrole nitrogens is 1. The second-order valence-electron chi connectivity index (χ2n) is 4.07. The molecule has 1 aromatic carbocycles. The van der Waals surface area contributed by atoms with Gasteiger partial charge in [-0.05, 0) is 25.0 Å². The van der Waals surface area contributed by atoms with Crippen LogP contribution in [0, 0.1) is 6.92 Å². The van der Waals surface area contributed by atoms with E-state index in [9.17, 15) is 0 Å². The first kappa shape index (κ1) is 11.5. The second kappa shape index (κ2) is 5.39. The number of rotatable bonds is 5. The maximum absolute atomic E-state index is 4.62. The molecule has 0 fully saturated rings. The van der Waals surface area contributed by atoms with Crippen molar-refractivity contribution in [2.45, 2.75) is 38.3 Å². The molecule has 0 saturated heterocycles. The minimum atomic E-state index is 1.06. The van der Waals surface area contributed by atoms with Gasteiger partial charge in [0.25, 0.3) is 0 Å². The number of aromatic amines is 1. The van der Waals surface area contributed by atoms with Gasteiger partial charge in [0.05, 0.1) is 11.0 Å². The lowest BCUT2D eigenvalue weighted by Gasteiger charge is -1.95. The predicted octanol–water partition coefficient (Wildman–Crippen LogP) is 4.15. The lowest BCUT2D eigenvalue weighted by molar-refractivity contribution is 0.777. The number of fused-ring (bicyclic) bond motifs is 1. The number of nitrogens with one attached hydrogen (secondary N) is 1. The van der Waals surface area contributed by atoms with Gasteiger partial charge in [0.2, 0.25) is 0 Å². The summed E-state index contributed by atoms with van der Waals surface area (Å²) in [6.45, 7) is 4.34. The summed E-state index contributed by atoms with van der Waals surface area (Å²) < 4.78 is 0. The monoisotopic (exact) mass is 234 g/mol. The summed E-state index contributed by atoms with van der Waals surface area (Å²) in [6.07, 6.45) is 3.86. The van der Waals surface area contributed by atoms with Crippen LogP contribution >= 0.6 is 11.8 Å². The number of para-hydroxylation sites is 1. The number of benzene rings is 1. The van der Waals surface area contributed by atoms with Crippen LogP contribution in [-0.2, 0) is 0 Å². The molecule has 86 valence electrons. The van der Waals surface area contributed by atoms with Gasteiger partial charge >= 0.3 is 0 Å². The summed E-state index contributed by atoms with van der Waals surface area (Å²) >= 11 is 1.83. The van der Waals surface area contributed by atoms with Crippen molar-refractivity contribution in [1.82, 2.24) is 9.97 Å². The number of hydrogen-bond donors (Lipinski definition) is 1. The maximum atomic E-state index is 4.62. The number of aromatic nitrogens is 2. The Balaban J connectivity index is 2.05. The van der Waals surface area contributed by atoms with Gasteiger partial charge in [0, 0.05) is 5.75 Å². The quantitative estimate of drug-likeness (QED) is 0.622. The molecule has 0 amide bonds. The topological polar surface area (TPSA) is 28.7 Å². The van der Waals surface area contributed by atoms with E-state index in [1.165, 1.54) is 24.8 Å². The molecule has 0 bridgehead atoms. The summed E-state index contributed by atoms with van der Waals surface area (Å²) in [5, 5.41) is 1.06. The van der Waals surface area contributed by atoms with Crippen molar-refractivity contribution in [3.05, 3.63) is 23.8 Å². The van der Waals surface area contributed by atoms with Crippen molar-refractivity contribution in [3.8, 4) is 0 Å². The van der Waals surface area contributed by atoms with E-state index in [1.54, 1.807) is 0 Å². The predicted molar refractivity (Wildman–Crippen MR) is 71.1 cm³/mol. The van der Waals surface area contributed by atoms with Crippen LogP contribution < -0.4 is 0 Å². The lowest BCUT2D eigenvalue weighted by Crippen LogP contribution is -1.81. The Kier molecular flexibility index (Phi) is 3.88. The Morgan fingerprint density at radius 1 is 1.31 bits per heavy atom. The van der Waals surface area contributed by atoms with Crippen LogP contribution in [0.5, 0.6) is 0 Å². The molecule has 0 aliphatic rings. The van der Waals surface area contributed by atoms with Crippen molar-refractivity contribution in [2.75, 3.05) is 5.75 Å². The molecule has 0 radical (unpaired) electrons. The SMILES string of the molecule is CCCCCSc1nc2c(C)cccc2[nH]1. The van der Waals surface area contributed by atoms with Crippen molar-refractivity contribution < 1.29 is 0 Å². The van der Waals surface area contributed by atoms with E-state index in [0.717, 1.165) is 21.9 Å². The van der Waals surface area contributed by atoms with E-state index >= 15 is 0 Å². The molecule has 16 heavy (non-hydrogen) atoms. The Labute approximate surface area is 101 Å². The minimum Gasteiger partial charge on any atom is -0.333 e. The van der Waals surface area contributed by atoms with Crippen molar-refractivity contribution in [1.29, 1.82) is 0 Å². The molecule has 2 aromatic rings. The van der Waals surface area contributed by atoms with E-state index in [-0.39, 0.29) is 0 Å². The van der Waals surface area contributed by atoms with Crippen LogP contribution in [0.4, 0.5) is 0 Å². The summed E-state index contributed by atoms with van der Waals surface area (Å²) in [4.78, 5) is 7.98. The van der Waals surface area contributed by atoms with Gasteiger partial charge in [0.1, 0.15) is 0 Å². The molecular weight excluding hydrogens is 216 g/mol. The molecule has 0 saturated carbocycles. The molecule has 1 aromatic heterocycles. The molecule has 0 spiro atoms. The first-order valence-electron chi connectivity index (χ1n) is 5.89. The molecular formula is C13H18N2S. The molecule has 3 heteroatoms. The third-order valence-corrected chi connectivity index (χ3v) is 3.64. The summed E-state index contributed by atoms with van der Waals surface area (Å²) in [7, 11) is 0. The van der Waals surface area contributed by atoms with Crippen LogP contribution in [0.15, 0.2) is 23.4 Å². The second-order valence-corrected chi connectivity index (χ2v) is 5.15. The van der Waals surface area contributed by atoms with Crippen molar-refractivity contribution in [3.63, 3.8) is 0 Å². The van der Waals surface area contributed by atoms with Gasteiger partial charge in [-0.15, -0.1) is 0 Å². The van der Waals surface area contributed by atoms with E-state index in [2.05, 4.69) is 42.0 Å². The number of thioether (sulfide) groups is 1. The number of hydrogen-bond acceptors (Lipinski definition) is 2. The highest BCUT2D eigenvalue weighted by molar-refractivity contribution is 7.99. The highest BCUT2D eigenvalue weighted by Gasteiger charge is 2.04. The van der Waals surface area contributed by atoms with E-state index in [0.29, 0.717) is 0 Å². The lowest BCUT2D eigenvalue weighted by atomic mass is 10.2. The average molecular weight is 234 g/mol. The van der Waals surface area contributed by atoms with Gasteiger partial charge in [-0.1, -0.05) is 43.7 Å². The summed E-state index contributed by atoms with van der Waals surface area (Å²) in [5.41, 5.74) is 3.51. The highest BCUT2D eigenvalue weighted by Crippen LogP contribution is 2.22. The smallest absolute Gasteiger partial charge is 0.166 e. The highest BCUT2D eigenvalue weighted by atomic mass is 32.2. The fourth-order valence-corrected chi connectivity index (χ4v) is 2.62. The molecule has 0 atom stereocenters. The largest absolute Gasteiger partial charge is 0.333 e. The van der Waals surface area contributed by atoms with Gasteiger partial charge in [0.15, 0.2) is 5.16 Å². The zero-order valence-electron chi connectivity index (χ0n) is 9.92. The van der Waals surface area contributed by atoms with Gasteiger partial charge in [-0.3, -0.25) is 0 Å². The first-order chi connectivity index (χ1) is 7.81. The van der Waals surface area contributed by atoms with Crippen LogP contribution in [0.1, 0.15) is 31.7 Å². The van der Waals surface area contributed by atoms with E-state index in [1.807, 2.05) is 11.8 Å². The molecule has 2 rings (SSSR count). The Hall–Kier alpha value is -0.960. The zero-order chi connectivity index (χ0) is 11.4. The molecule has 1 N–H and O–H groups in total. The number of imidazole rings is 1. The number of unbranched alkanes of at least 4 members (excludes halogenated alkanes) is 2. The normalized spacial score (nSPS) is 11.1. The summed E-state index contributed by atoms with van der Waals surface area (Å²) in [5.74, 6) is 1.16. The Morgan fingerprint density at radius 3 is 2.94 bits per heavy atom. The van der Waals surface area contributed by atoms with Crippen LogP contribution in [0.2, 0.25) is 0 Å². The van der Waals surface area contributed by atoms with E-state index < -0.39 is 0 Å².